The first-order valence-corrected chi connectivity index (χ1v) is 8.53. The summed E-state index contributed by atoms with van der Waals surface area (Å²) >= 11 is 0. The average molecular weight is 388 g/mol. The maximum absolute atomic E-state index is 12.4. The van der Waals surface area contributed by atoms with E-state index in [2.05, 4.69) is 10.9 Å². The molecule has 2 rings (SSSR count). The molecule has 1 atom stereocenters. The Labute approximate surface area is 163 Å². The first-order chi connectivity index (χ1) is 13.4. The van der Waals surface area contributed by atoms with Crippen LogP contribution < -0.4 is 29.8 Å². The average Bonchev–Trinajstić information content (AvgIpc) is 2.71. The number of carbonyl (C=O) groups is 2. The molecule has 8 heteroatoms. The van der Waals surface area contributed by atoms with Crippen molar-refractivity contribution in [2.45, 2.75) is 20.0 Å². The molecular weight excluding hydrogens is 364 g/mol. The fourth-order valence-corrected chi connectivity index (χ4v) is 2.38. The van der Waals surface area contributed by atoms with E-state index < -0.39 is 17.9 Å². The van der Waals surface area contributed by atoms with E-state index in [0.29, 0.717) is 23.0 Å². The Morgan fingerprint density at radius 1 is 0.893 bits per heavy atom. The number of ether oxygens (including phenoxy) is 4. The summed E-state index contributed by atoms with van der Waals surface area (Å²) in [4.78, 5) is 24.6. The minimum atomic E-state index is -0.803. The highest BCUT2D eigenvalue weighted by molar-refractivity contribution is 5.97. The Balaban J connectivity index is 2.00. The number of hydrogen-bond donors (Lipinski definition) is 2. The molecule has 2 aromatic carbocycles. The van der Waals surface area contributed by atoms with Crippen molar-refractivity contribution in [2.75, 3.05) is 21.3 Å². The molecule has 0 saturated heterocycles. The predicted molar refractivity (Wildman–Crippen MR) is 103 cm³/mol. The number of carbonyl (C=O) groups excluding carboxylic acids is 2. The highest BCUT2D eigenvalue weighted by Crippen LogP contribution is 2.38. The third-order valence-corrected chi connectivity index (χ3v) is 3.93. The van der Waals surface area contributed by atoms with Crippen molar-refractivity contribution in [3.63, 3.8) is 0 Å². The maximum Gasteiger partial charge on any atom is 0.279 e. The molecule has 0 aromatic heterocycles. The zero-order valence-electron chi connectivity index (χ0n) is 16.5. The lowest BCUT2D eigenvalue weighted by Gasteiger charge is -2.16. The summed E-state index contributed by atoms with van der Waals surface area (Å²) in [5.41, 5.74) is 5.99. The molecule has 28 heavy (non-hydrogen) atoms. The van der Waals surface area contributed by atoms with E-state index in [-0.39, 0.29) is 5.56 Å². The van der Waals surface area contributed by atoms with Crippen molar-refractivity contribution in [2.24, 2.45) is 0 Å². The van der Waals surface area contributed by atoms with E-state index >= 15 is 0 Å². The van der Waals surface area contributed by atoms with Crippen LogP contribution >= 0.6 is 0 Å². The molecule has 2 aromatic rings. The quantitative estimate of drug-likeness (QED) is 0.707. The lowest BCUT2D eigenvalue weighted by Crippen LogP contribution is -2.47. The molecule has 0 aliphatic rings. The molecule has 2 N–H and O–H groups in total. The Morgan fingerprint density at radius 2 is 1.46 bits per heavy atom. The number of methoxy groups -OCH3 is 3. The van der Waals surface area contributed by atoms with Gasteiger partial charge < -0.3 is 18.9 Å². The Hall–Kier alpha value is -3.42. The van der Waals surface area contributed by atoms with E-state index in [9.17, 15) is 9.59 Å². The second kappa shape index (κ2) is 9.50. The SMILES string of the molecule is COc1cc(C(=O)NNC(=O)C(C)Oc2ccc(C)cc2)cc(OC)c1OC. The first-order valence-electron chi connectivity index (χ1n) is 8.53. The van der Waals surface area contributed by atoms with Crippen molar-refractivity contribution >= 4 is 11.8 Å². The Kier molecular flexibility index (Phi) is 7.08. The van der Waals surface area contributed by atoms with Gasteiger partial charge in [-0.15, -0.1) is 0 Å². The molecule has 0 saturated carbocycles. The third-order valence-electron chi connectivity index (χ3n) is 3.93. The van der Waals surface area contributed by atoms with Gasteiger partial charge in [0.2, 0.25) is 5.75 Å². The topological polar surface area (TPSA) is 95.1 Å². The first kappa shape index (κ1) is 20.9. The summed E-state index contributed by atoms with van der Waals surface area (Å²) in [6, 6.07) is 10.3. The smallest absolute Gasteiger partial charge is 0.279 e. The number of rotatable bonds is 7. The lowest BCUT2D eigenvalue weighted by molar-refractivity contribution is -0.128. The van der Waals surface area contributed by atoms with Gasteiger partial charge in [0.05, 0.1) is 21.3 Å². The summed E-state index contributed by atoms with van der Waals surface area (Å²) < 4.78 is 21.2. The second-order valence-corrected chi connectivity index (χ2v) is 5.93. The van der Waals surface area contributed by atoms with E-state index in [4.69, 9.17) is 18.9 Å². The van der Waals surface area contributed by atoms with Crippen molar-refractivity contribution in [3.05, 3.63) is 47.5 Å². The summed E-state index contributed by atoms with van der Waals surface area (Å²) in [5, 5.41) is 0. The van der Waals surface area contributed by atoms with Gasteiger partial charge in [-0.05, 0) is 38.1 Å². The van der Waals surface area contributed by atoms with E-state index in [0.717, 1.165) is 5.56 Å². The van der Waals surface area contributed by atoms with E-state index in [1.165, 1.54) is 33.5 Å². The Morgan fingerprint density at radius 3 is 1.96 bits per heavy atom. The summed E-state index contributed by atoms with van der Waals surface area (Å²) in [5.74, 6) is 0.537. The molecule has 0 aliphatic heterocycles. The van der Waals surface area contributed by atoms with Crippen molar-refractivity contribution in [1.29, 1.82) is 0 Å². The minimum absolute atomic E-state index is 0.224. The second-order valence-electron chi connectivity index (χ2n) is 5.93. The summed E-state index contributed by atoms with van der Waals surface area (Å²) in [7, 11) is 4.37. The molecule has 0 heterocycles. The molecule has 8 nitrogen and oxygen atoms in total. The summed E-state index contributed by atoms with van der Waals surface area (Å²) in [6.07, 6.45) is -0.803. The maximum atomic E-state index is 12.4. The number of hydrazine groups is 1. The number of amides is 2. The van der Waals surface area contributed by atoms with Gasteiger partial charge in [0.25, 0.3) is 11.8 Å². The standard InChI is InChI=1S/C20H24N2O6/c1-12-6-8-15(9-7-12)28-13(2)19(23)21-22-20(24)14-10-16(25-3)18(27-5)17(11-14)26-4/h6-11,13H,1-5H3,(H,21,23)(H,22,24). The van der Waals surface area contributed by atoms with Gasteiger partial charge in [0.15, 0.2) is 17.6 Å². The van der Waals surface area contributed by atoms with Gasteiger partial charge in [-0.25, -0.2) is 0 Å². The van der Waals surface area contributed by atoms with Gasteiger partial charge in [-0.1, -0.05) is 17.7 Å². The Bertz CT molecular complexity index is 810. The van der Waals surface area contributed by atoms with Gasteiger partial charge in [-0.2, -0.15) is 0 Å². The molecule has 0 bridgehead atoms. The summed E-state index contributed by atoms with van der Waals surface area (Å²) in [6.45, 7) is 3.54. The molecule has 1 unspecified atom stereocenters. The van der Waals surface area contributed by atoms with Crippen LogP contribution in [0.4, 0.5) is 0 Å². The third kappa shape index (κ3) is 5.06. The van der Waals surface area contributed by atoms with Gasteiger partial charge in [0, 0.05) is 5.56 Å². The minimum Gasteiger partial charge on any atom is -0.493 e. The van der Waals surface area contributed by atoms with Crippen molar-refractivity contribution in [1.82, 2.24) is 10.9 Å². The van der Waals surface area contributed by atoms with Crippen LogP contribution in [0.15, 0.2) is 36.4 Å². The van der Waals surface area contributed by atoms with Crippen LogP contribution in [0.25, 0.3) is 0 Å². The van der Waals surface area contributed by atoms with Crippen LogP contribution in [0.5, 0.6) is 23.0 Å². The normalized spacial score (nSPS) is 11.2. The van der Waals surface area contributed by atoms with Crippen molar-refractivity contribution in [3.8, 4) is 23.0 Å². The molecule has 150 valence electrons. The largest absolute Gasteiger partial charge is 0.493 e. The lowest BCUT2D eigenvalue weighted by atomic mass is 10.1. The number of benzene rings is 2. The monoisotopic (exact) mass is 388 g/mol. The van der Waals surface area contributed by atoms with Crippen LogP contribution in [0, 0.1) is 6.92 Å². The van der Waals surface area contributed by atoms with Crippen LogP contribution in [0.2, 0.25) is 0 Å². The zero-order chi connectivity index (χ0) is 20.7. The molecule has 0 aliphatic carbocycles. The van der Waals surface area contributed by atoms with Crippen LogP contribution in [0.1, 0.15) is 22.8 Å². The van der Waals surface area contributed by atoms with Crippen molar-refractivity contribution < 1.29 is 28.5 Å². The molecular formula is C20H24N2O6. The predicted octanol–water partition coefficient (Wildman–Crippen LogP) is 2.25. The fraction of sp³-hybridized carbons (Fsp3) is 0.300. The number of aryl methyl sites for hydroxylation is 1. The highest BCUT2D eigenvalue weighted by atomic mass is 16.5. The number of nitrogens with one attached hydrogen (secondary N) is 2. The zero-order valence-corrected chi connectivity index (χ0v) is 16.5. The van der Waals surface area contributed by atoms with Crippen LogP contribution in [0.3, 0.4) is 0 Å². The fourth-order valence-electron chi connectivity index (χ4n) is 2.38. The molecule has 0 radical (unpaired) electrons. The van der Waals surface area contributed by atoms with Gasteiger partial charge in [-0.3, -0.25) is 20.4 Å². The van der Waals surface area contributed by atoms with Crippen LogP contribution in [-0.4, -0.2) is 39.2 Å². The van der Waals surface area contributed by atoms with Gasteiger partial charge >= 0.3 is 0 Å². The van der Waals surface area contributed by atoms with E-state index in [1.807, 2.05) is 19.1 Å². The van der Waals surface area contributed by atoms with E-state index in [1.54, 1.807) is 19.1 Å². The van der Waals surface area contributed by atoms with Gasteiger partial charge in [0.1, 0.15) is 5.75 Å². The molecule has 0 fully saturated rings. The molecule has 0 spiro atoms. The highest BCUT2D eigenvalue weighted by Gasteiger charge is 2.19. The van der Waals surface area contributed by atoms with Crippen LogP contribution in [-0.2, 0) is 4.79 Å². The molecule has 2 amide bonds. The number of hydrogen-bond acceptors (Lipinski definition) is 6.